The third-order valence-corrected chi connectivity index (χ3v) is 5.12. The highest BCUT2D eigenvalue weighted by atomic mass is 35.5. The Labute approximate surface area is 116 Å². The molecule has 3 nitrogen and oxygen atoms in total. The van der Waals surface area contributed by atoms with Crippen LogP contribution in [-0.4, -0.2) is 22.7 Å². The minimum Gasteiger partial charge on any atom is -0.298 e. The van der Waals surface area contributed by atoms with Crippen LogP contribution in [0.4, 0.5) is 0 Å². The van der Waals surface area contributed by atoms with E-state index in [0.29, 0.717) is 10.6 Å². The van der Waals surface area contributed by atoms with Crippen molar-refractivity contribution in [1.82, 2.24) is 10.2 Å². The van der Waals surface area contributed by atoms with Crippen LogP contribution in [0.2, 0.25) is 5.02 Å². The molecule has 17 heavy (non-hydrogen) atoms. The summed E-state index contributed by atoms with van der Waals surface area (Å²) in [5.41, 5.74) is 0.611. The monoisotopic (exact) mass is 302 g/mol. The van der Waals surface area contributed by atoms with Crippen LogP contribution in [0.1, 0.15) is 10.4 Å². The highest BCUT2D eigenvalue weighted by Gasteiger charge is 2.09. The molecule has 1 aromatic carbocycles. The van der Waals surface area contributed by atoms with Gasteiger partial charge >= 0.3 is 0 Å². The first-order chi connectivity index (χ1) is 8.22. The molecule has 0 unspecified atom stereocenters. The number of rotatable bonds is 4. The maximum Gasteiger partial charge on any atom is 0.179 e. The standard InChI is InChI=1S/C10H7ClN2OS3/c1-15-9-12-13-10(17-9)16-8-4-7(11)3-2-6(8)5-14/h2-5H,1H3. The summed E-state index contributed by atoms with van der Waals surface area (Å²) < 4.78 is 1.71. The quantitative estimate of drug-likeness (QED) is 0.633. The molecular formula is C10H7ClN2OS3. The van der Waals surface area contributed by atoms with E-state index >= 15 is 0 Å². The molecule has 1 aromatic heterocycles. The lowest BCUT2D eigenvalue weighted by Gasteiger charge is -2.01. The first-order valence-electron chi connectivity index (χ1n) is 4.53. The van der Waals surface area contributed by atoms with Crippen molar-refractivity contribution in [3.63, 3.8) is 0 Å². The van der Waals surface area contributed by atoms with Crippen molar-refractivity contribution in [1.29, 1.82) is 0 Å². The number of hydrogen-bond donors (Lipinski definition) is 0. The molecule has 0 aliphatic rings. The Hall–Kier alpha value is -0.560. The van der Waals surface area contributed by atoms with E-state index in [-0.39, 0.29) is 0 Å². The molecule has 0 spiro atoms. The zero-order valence-electron chi connectivity index (χ0n) is 8.71. The summed E-state index contributed by atoms with van der Waals surface area (Å²) in [5.74, 6) is 0. The van der Waals surface area contributed by atoms with E-state index in [4.69, 9.17) is 11.6 Å². The summed E-state index contributed by atoms with van der Waals surface area (Å²) in [7, 11) is 0. The highest BCUT2D eigenvalue weighted by Crippen LogP contribution is 2.35. The van der Waals surface area contributed by atoms with E-state index in [1.807, 2.05) is 6.26 Å². The van der Waals surface area contributed by atoms with Crippen LogP contribution in [0, 0.1) is 0 Å². The Morgan fingerprint density at radius 2 is 2.12 bits per heavy atom. The second-order valence-electron chi connectivity index (χ2n) is 2.94. The highest BCUT2D eigenvalue weighted by molar-refractivity contribution is 8.03. The van der Waals surface area contributed by atoms with E-state index in [0.717, 1.165) is 19.9 Å². The van der Waals surface area contributed by atoms with Gasteiger partial charge in [0, 0.05) is 15.5 Å². The van der Waals surface area contributed by atoms with Gasteiger partial charge in [-0.05, 0) is 24.5 Å². The first-order valence-corrected chi connectivity index (χ1v) is 7.76. The second kappa shape index (κ2) is 5.86. The van der Waals surface area contributed by atoms with Crippen molar-refractivity contribution in [3.05, 3.63) is 28.8 Å². The van der Waals surface area contributed by atoms with Gasteiger partial charge in [-0.1, -0.05) is 46.5 Å². The van der Waals surface area contributed by atoms with Crippen molar-refractivity contribution in [2.75, 3.05) is 6.26 Å². The van der Waals surface area contributed by atoms with Crippen LogP contribution in [0.15, 0.2) is 31.8 Å². The summed E-state index contributed by atoms with van der Waals surface area (Å²) in [6.07, 6.45) is 2.76. The van der Waals surface area contributed by atoms with E-state index in [1.54, 1.807) is 30.0 Å². The lowest BCUT2D eigenvalue weighted by molar-refractivity contribution is 0.112. The van der Waals surface area contributed by atoms with Gasteiger partial charge in [-0.15, -0.1) is 10.2 Å². The normalized spacial score (nSPS) is 10.5. The molecule has 0 atom stereocenters. The largest absolute Gasteiger partial charge is 0.298 e. The summed E-state index contributed by atoms with van der Waals surface area (Å²) >= 11 is 10.4. The predicted molar refractivity (Wildman–Crippen MR) is 72.7 cm³/mol. The van der Waals surface area contributed by atoms with Gasteiger partial charge in [-0.25, -0.2) is 0 Å². The molecule has 0 fully saturated rings. The molecule has 0 saturated heterocycles. The van der Waals surface area contributed by atoms with Crippen LogP contribution in [0.5, 0.6) is 0 Å². The third-order valence-electron chi connectivity index (χ3n) is 1.86. The maximum atomic E-state index is 10.9. The Morgan fingerprint density at radius 3 is 2.76 bits per heavy atom. The van der Waals surface area contributed by atoms with Crippen LogP contribution in [0.25, 0.3) is 0 Å². The first kappa shape index (κ1) is 12.9. The molecule has 2 aromatic rings. The number of aldehydes is 1. The van der Waals surface area contributed by atoms with Crippen molar-refractivity contribution in [3.8, 4) is 0 Å². The van der Waals surface area contributed by atoms with E-state index < -0.39 is 0 Å². The van der Waals surface area contributed by atoms with Gasteiger partial charge in [-0.2, -0.15) is 0 Å². The molecule has 0 bridgehead atoms. The SMILES string of the molecule is CSc1nnc(Sc2cc(Cl)ccc2C=O)s1. The fourth-order valence-corrected chi connectivity index (χ4v) is 3.87. The van der Waals surface area contributed by atoms with Crippen LogP contribution >= 0.6 is 46.5 Å². The zero-order chi connectivity index (χ0) is 12.3. The van der Waals surface area contributed by atoms with Gasteiger partial charge in [0.05, 0.1) is 0 Å². The molecule has 0 saturated carbocycles. The number of benzene rings is 1. The summed E-state index contributed by atoms with van der Waals surface area (Å²) in [6, 6.07) is 5.16. The molecule has 0 aliphatic carbocycles. The number of carbonyl (C=O) groups is 1. The van der Waals surface area contributed by atoms with Crippen molar-refractivity contribution in [2.45, 2.75) is 13.6 Å². The van der Waals surface area contributed by atoms with Crippen LogP contribution in [0.3, 0.4) is 0 Å². The van der Waals surface area contributed by atoms with Gasteiger partial charge in [0.25, 0.3) is 0 Å². The molecule has 2 rings (SSSR count). The minimum absolute atomic E-state index is 0.604. The summed E-state index contributed by atoms with van der Waals surface area (Å²) in [5, 5.41) is 8.64. The summed E-state index contributed by atoms with van der Waals surface area (Å²) in [6.45, 7) is 0. The maximum absolute atomic E-state index is 10.9. The Bertz CT molecular complexity index is 544. The minimum atomic E-state index is 0.604. The van der Waals surface area contributed by atoms with Gasteiger partial charge in [0.15, 0.2) is 15.0 Å². The van der Waals surface area contributed by atoms with E-state index in [1.165, 1.54) is 23.1 Å². The second-order valence-corrected chi connectivity index (χ2v) is 6.70. The van der Waals surface area contributed by atoms with Gasteiger partial charge in [0.2, 0.25) is 0 Å². The molecule has 88 valence electrons. The average molecular weight is 303 g/mol. The number of halogens is 1. The Balaban J connectivity index is 2.28. The fourth-order valence-electron chi connectivity index (χ4n) is 1.11. The van der Waals surface area contributed by atoms with Crippen molar-refractivity contribution < 1.29 is 4.79 Å². The Morgan fingerprint density at radius 1 is 1.35 bits per heavy atom. The lowest BCUT2D eigenvalue weighted by atomic mass is 10.2. The number of nitrogens with zero attached hydrogens (tertiary/aromatic N) is 2. The van der Waals surface area contributed by atoms with Crippen LogP contribution in [-0.2, 0) is 0 Å². The zero-order valence-corrected chi connectivity index (χ0v) is 11.9. The van der Waals surface area contributed by atoms with Crippen LogP contribution < -0.4 is 0 Å². The van der Waals surface area contributed by atoms with Gasteiger partial charge in [0.1, 0.15) is 0 Å². The molecular weight excluding hydrogens is 296 g/mol. The molecule has 7 heteroatoms. The number of carbonyl (C=O) groups excluding carboxylic acids is 1. The lowest BCUT2D eigenvalue weighted by Crippen LogP contribution is -1.84. The average Bonchev–Trinajstić information content (AvgIpc) is 2.77. The fraction of sp³-hybridized carbons (Fsp3) is 0.100. The van der Waals surface area contributed by atoms with Gasteiger partial charge in [-0.3, -0.25) is 4.79 Å². The number of hydrogen-bond acceptors (Lipinski definition) is 6. The topological polar surface area (TPSA) is 42.9 Å². The number of thioether (sulfide) groups is 1. The van der Waals surface area contributed by atoms with Crippen molar-refractivity contribution in [2.24, 2.45) is 0 Å². The van der Waals surface area contributed by atoms with Crippen molar-refractivity contribution >= 4 is 52.7 Å². The smallest absolute Gasteiger partial charge is 0.179 e. The third kappa shape index (κ3) is 3.22. The molecule has 0 aliphatic heterocycles. The summed E-state index contributed by atoms with van der Waals surface area (Å²) in [4.78, 5) is 11.7. The molecule has 0 amide bonds. The number of aromatic nitrogens is 2. The van der Waals surface area contributed by atoms with E-state index in [2.05, 4.69) is 10.2 Å². The molecule has 0 N–H and O–H groups in total. The molecule has 0 radical (unpaired) electrons. The van der Waals surface area contributed by atoms with Gasteiger partial charge < -0.3 is 0 Å². The molecule has 1 heterocycles. The Kier molecular flexibility index (Phi) is 4.44. The predicted octanol–water partition coefficient (Wildman–Crippen LogP) is 3.88. The van der Waals surface area contributed by atoms with E-state index in [9.17, 15) is 4.79 Å².